The van der Waals surface area contributed by atoms with Gasteiger partial charge in [0.1, 0.15) is 24.3 Å². The van der Waals surface area contributed by atoms with Crippen molar-refractivity contribution in [2.75, 3.05) is 31.1 Å². The Morgan fingerprint density at radius 1 is 0.964 bits per heavy atom. The van der Waals surface area contributed by atoms with Crippen LogP contribution in [0.4, 0.5) is 5.69 Å². The van der Waals surface area contributed by atoms with Crippen LogP contribution in [-0.2, 0) is 0 Å². The molecular weight excluding hydrogens is 370 g/mol. The summed E-state index contributed by atoms with van der Waals surface area (Å²) in [6.07, 6.45) is 6.18. The molecule has 3 aliphatic rings. The van der Waals surface area contributed by atoms with Crippen molar-refractivity contribution in [2.45, 2.75) is 46.0 Å². The molecule has 1 fully saturated rings. The quantitative estimate of drug-likeness (QED) is 0.481. The van der Waals surface area contributed by atoms with Crippen LogP contribution in [0.15, 0.2) is 40.8 Å². The summed E-state index contributed by atoms with van der Waals surface area (Å²) < 4.78 is 8.77. The summed E-state index contributed by atoms with van der Waals surface area (Å²) in [7, 11) is 0. The predicted octanol–water partition coefficient (Wildman–Crippen LogP) is 1.52. The minimum atomic E-state index is 0. The third-order valence-corrected chi connectivity index (χ3v) is 5.42. The largest absolute Gasteiger partial charge is 1.00 e. The molecule has 0 radical (unpaired) electrons. The maximum absolute atomic E-state index is 6.31. The summed E-state index contributed by atoms with van der Waals surface area (Å²) in [5, 5.41) is 1.25. The van der Waals surface area contributed by atoms with E-state index in [0.29, 0.717) is 0 Å². The van der Waals surface area contributed by atoms with Gasteiger partial charge in [-0.1, -0.05) is 13.8 Å². The van der Waals surface area contributed by atoms with Crippen molar-refractivity contribution in [2.24, 2.45) is 0 Å². The molecular formula is C23H30ClN3O. The number of rotatable bonds is 5. The van der Waals surface area contributed by atoms with Crippen LogP contribution < -0.4 is 27.2 Å². The second-order valence-corrected chi connectivity index (χ2v) is 7.55. The van der Waals surface area contributed by atoms with Gasteiger partial charge in [0.15, 0.2) is 11.3 Å². The number of anilines is 1. The first kappa shape index (κ1) is 20.7. The maximum Gasteiger partial charge on any atom is 0.203 e. The molecule has 1 aromatic rings. The Kier molecular flexibility index (Phi) is 6.95. The van der Waals surface area contributed by atoms with Crippen molar-refractivity contribution in [3.05, 3.63) is 41.8 Å². The van der Waals surface area contributed by atoms with Gasteiger partial charge >= 0.3 is 0 Å². The van der Waals surface area contributed by atoms with E-state index in [1.807, 2.05) is 0 Å². The molecule has 1 aliphatic carbocycles. The molecule has 0 aromatic heterocycles. The van der Waals surface area contributed by atoms with Gasteiger partial charge < -0.3 is 21.7 Å². The first-order valence-corrected chi connectivity index (χ1v) is 10.5. The van der Waals surface area contributed by atoms with Crippen LogP contribution in [0.5, 0.6) is 0 Å². The molecule has 4 rings (SSSR count). The molecule has 5 heteroatoms. The third kappa shape index (κ3) is 4.33. The van der Waals surface area contributed by atoms with Gasteiger partial charge in [-0.2, -0.15) is 0 Å². The Morgan fingerprint density at radius 3 is 2.43 bits per heavy atom. The van der Waals surface area contributed by atoms with Crippen LogP contribution in [0, 0.1) is 0 Å². The fourth-order valence-corrected chi connectivity index (χ4v) is 4.06. The van der Waals surface area contributed by atoms with Gasteiger partial charge in [-0.25, -0.2) is 9.56 Å². The molecule has 4 nitrogen and oxygen atoms in total. The number of benzene rings is 2. The smallest absolute Gasteiger partial charge is 0.203 e. The van der Waals surface area contributed by atoms with Crippen LogP contribution >= 0.6 is 0 Å². The summed E-state index contributed by atoms with van der Waals surface area (Å²) >= 11 is 0. The van der Waals surface area contributed by atoms with E-state index in [4.69, 9.17) is 9.40 Å². The van der Waals surface area contributed by atoms with E-state index in [0.717, 1.165) is 61.6 Å². The fraction of sp³-hybridized carbons (Fsp3) is 0.478. The second-order valence-electron chi connectivity index (χ2n) is 7.55. The molecule has 0 amide bonds. The van der Waals surface area contributed by atoms with E-state index in [-0.39, 0.29) is 12.4 Å². The van der Waals surface area contributed by atoms with Gasteiger partial charge in [0.05, 0.1) is 6.07 Å². The van der Waals surface area contributed by atoms with E-state index in [9.17, 15) is 0 Å². The van der Waals surface area contributed by atoms with E-state index in [1.165, 1.54) is 30.3 Å². The summed E-state index contributed by atoms with van der Waals surface area (Å²) in [5.74, 6) is 0.875. The van der Waals surface area contributed by atoms with Crippen molar-refractivity contribution in [3.8, 4) is 11.5 Å². The highest BCUT2D eigenvalue weighted by atomic mass is 35.5. The fourth-order valence-electron chi connectivity index (χ4n) is 4.06. The lowest BCUT2D eigenvalue weighted by Crippen LogP contribution is -3.00. The Morgan fingerprint density at radius 2 is 1.71 bits per heavy atom. The number of piperidine rings is 1. The van der Waals surface area contributed by atoms with E-state index >= 15 is 0 Å². The van der Waals surface area contributed by atoms with E-state index in [1.54, 1.807) is 0 Å². The standard InChI is InChI=1S/C23H30N3O.ClH/c1-3-12-25(13-4-2)18-8-10-20-22(16-18)27-23-17-19(9-11-21(23)24-20)26-14-6-5-7-15-26;/h8-11,16-17H,3-7,12-15H2,1-2H3;1H/q+1;/p-1. The number of hydrogen-bond acceptors (Lipinski definition) is 3. The molecule has 0 bridgehead atoms. The zero-order valence-electron chi connectivity index (χ0n) is 17.0. The normalized spacial score (nSPS) is 14.3. The molecule has 2 aliphatic heterocycles. The van der Waals surface area contributed by atoms with Gasteiger partial charge in [0, 0.05) is 43.8 Å². The topological polar surface area (TPSA) is 32.3 Å². The second kappa shape index (κ2) is 9.42. The van der Waals surface area contributed by atoms with E-state index in [2.05, 4.69) is 59.7 Å². The van der Waals surface area contributed by atoms with E-state index < -0.39 is 0 Å². The SMILES string of the molecule is CCCN(CCC)c1ccc2nc3ccc(=[N+]4CCCCC4)cc-3oc2c1.[Cl-]. The number of nitrogens with zero attached hydrogens (tertiary/aromatic N) is 3. The average Bonchev–Trinajstić information content (AvgIpc) is 2.72. The number of halogens is 1. The molecule has 0 N–H and O–H groups in total. The highest BCUT2D eigenvalue weighted by Gasteiger charge is 2.16. The first-order valence-electron chi connectivity index (χ1n) is 10.5. The Hall–Kier alpha value is -2.07. The van der Waals surface area contributed by atoms with Crippen LogP contribution in [0.3, 0.4) is 0 Å². The molecule has 0 unspecified atom stereocenters. The van der Waals surface area contributed by atoms with Gasteiger partial charge in [-0.3, -0.25) is 0 Å². The van der Waals surface area contributed by atoms with Crippen molar-refractivity contribution in [1.29, 1.82) is 0 Å². The van der Waals surface area contributed by atoms with Gasteiger partial charge in [-0.15, -0.1) is 0 Å². The van der Waals surface area contributed by atoms with Crippen molar-refractivity contribution < 1.29 is 16.8 Å². The highest BCUT2D eigenvalue weighted by Crippen LogP contribution is 2.27. The van der Waals surface area contributed by atoms with Gasteiger partial charge in [0.25, 0.3) is 0 Å². The highest BCUT2D eigenvalue weighted by molar-refractivity contribution is 5.80. The van der Waals surface area contributed by atoms with Crippen LogP contribution in [-0.4, -0.2) is 31.2 Å². The molecule has 2 heterocycles. The minimum absolute atomic E-state index is 0. The molecule has 0 spiro atoms. The zero-order valence-corrected chi connectivity index (χ0v) is 17.7. The van der Waals surface area contributed by atoms with Crippen LogP contribution in [0.1, 0.15) is 46.0 Å². The lowest BCUT2D eigenvalue weighted by Gasteiger charge is -2.23. The summed E-state index contributed by atoms with van der Waals surface area (Å²) in [5.41, 5.74) is 3.94. The Labute approximate surface area is 173 Å². The van der Waals surface area contributed by atoms with Crippen molar-refractivity contribution in [3.63, 3.8) is 0 Å². The Bertz CT molecular complexity index is 952. The maximum atomic E-state index is 6.31. The predicted molar refractivity (Wildman–Crippen MR) is 112 cm³/mol. The molecule has 150 valence electrons. The number of hydrogen-bond donors (Lipinski definition) is 0. The first-order chi connectivity index (χ1) is 13.3. The van der Waals surface area contributed by atoms with Crippen LogP contribution in [0.25, 0.3) is 22.6 Å². The molecule has 0 saturated carbocycles. The third-order valence-electron chi connectivity index (χ3n) is 5.42. The lowest BCUT2D eigenvalue weighted by molar-refractivity contribution is -0.00000612. The zero-order chi connectivity index (χ0) is 18.6. The number of fused-ring (bicyclic) bond motifs is 2. The average molecular weight is 400 g/mol. The molecule has 28 heavy (non-hydrogen) atoms. The monoisotopic (exact) mass is 399 g/mol. The van der Waals surface area contributed by atoms with Crippen LogP contribution in [0.2, 0.25) is 0 Å². The summed E-state index contributed by atoms with van der Waals surface area (Å²) in [6.45, 7) is 8.87. The molecule has 0 atom stereocenters. The van der Waals surface area contributed by atoms with Crippen molar-refractivity contribution in [1.82, 2.24) is 9.56 Å². The minimum Gasteiger partial charge on any atom is -1.00 e. The Balaban J connectivity index is 0.00000225. The van der Waals surface area contributed by atoms with Gasteiger partial charge in [0.2, 0.25) is 5.36 Å². The summed E-state index contributed by atoms with van der Waals surface area (Å²) in [6, 6.07) is 12.8. The lowest BCUT2D eigenvalue weighted by atomic mass is 10.1. The van der Waals surface area contributed by atoms with Gasteiger partial charge in [-0.05, 0) is 37.5 Å². The summed E-state index contributed by atoms with van der Waals surface area (Å²) in [4.78, 5) is 7.26. The van der Waals surface area contributed by atoms with Crippen molar-refractivity contribution >= 4 is 16.8 Å². The molecule has 1 aromatic carbocycles. The number of aromatic nitrogens is 1. The molecule has 1 saturated heterocycles.